The molecule has 1 N–H and O–H groups in total. The second-order valence-electron chi connectivity index (χ2n) is 7.22. The van der Waals surface area contributed by atoms with Gasteiger partial charge in [-0.3, -0.25) is 4.79 Å². The number of fused-ring (bicyclic) bond motifs is 1. The summed E-state index contributed by atoms with van der Waals surface area (Å²) in [6, 6.07) is 16.8. The average molecular weight is 403 g/mol. The third-order valence-corrected chi connectivity index (χ3v) is 4.91. The molecule has 0 bridgehead atoms. The highest BCUT2D eigenvalue weighted by Gasteiger charge is 2.13. The van der Waals surface area contributed by atoms with Crippen LogP contribution in [-0.2, 0) is 6.61 Å². The van der Waals surface area contributed by atoms with Crippen LogP contribution in [0.15, 0.2) is 73.1 Å². The Morgan fingerprint density at radius 3 is 2.80 bits per heavy atom. The van der Waals surface area contributed by atoms with Crippen molar-refractivity contribution in [3.8, 4) is 5.75 Å². The number of carbonyl (C=O) groups is 1. The van der Waals surface area contributed by atoms with E-state index in [1.165, 1.54) is 12.1 Å². The first kappa shape index (κ1) is 19.6. The first-order valence-electron chi connectivity index (χ1n) is 9.72. The van der Waals surface area contributed by atoms with Gasteiger partial charge >= 0.3 is 0 Å². The van der Waals surface area contributed by atoms with Crippen LogP contribution in [0.5, 0.6) is 5.75 Å². The van der Waals surface area contributed by atoms with E-state index >= 15 is 0 Å². The Kier molecular flexibility index (Phi) is 5.48. The van der Waals surface area contributed by atoms with Crippen LogP contribution in [0.25, 0.3) is 5.65 Å². The van der Waals surface area contributed by atoms with Crippen LogP contribution in [0, 0.1) is 12.7 Å². The monoisotopic (exact) mass is 403 g/mol. The highest BCUT2D eigenvalue weighted by Crippen LogP contribution is 2.18. The summed E-state index contributed by atoms with van der Waals surface area (Å²) >= 11 is 0. The number of aromatic nitrogens is 2. The lowest BCUT2D eigenvalue weighted by Gasteiger charge is -2.15. The standard InChI is InChI=1S/C24H22FN3O2/c1-16-6-5-11-28-14-21(27-23(16)28)15-30-22-10-4-8-19(13-22)24(29)26-17(2)18-7-3-9-20(25)12-18/h3-14,17H,15H2,1-2H3,(H,26,29). The fourth-order valence-electron chi connectivity index (χ4n) is 3.30. The maximum atomic E-state index is 13.4. The van der Waals surface area contributed by atoms with Crippen molar-refractivity contribution in [3.63, 3.8) is 0 Å². The normalized spacial score (nSPS) is 12.0. The highest BCUT2D eigenvalue weighted by atomic mass is 19.1. The molecule has 4 aromatic rings. The van der Waals surface area contributed by atoms with Crippen molar-refractivity contribution >= 4 is 11.6 Å². The first-order valence-corrected chi connectivity index (χ1v) is 9.72. The SMILES string of the molecule is Cc1cccn2cc(COc3cccc(C(=O)NC(C)c4cccc(F)c4)c3)nc12. The van der Waals surface area contributed by atoms with Crippen LogP contribution in [0.3, 0.4) is 0 Å². The van der Waals surface area contributed by atoms with E-state index in [0.29, 0.717) is 23.5 Å². The number of imidazole rings is 1. The first-order chi connectivity index (χ1) is 14.5. The van der Waals surface area contributed by atoms with Gasteiger partial charge in [-0.25, -0.2) is 9.37 Å². The molecular formula is C24H22FN3O2. The topological polar surface area (TPSA) is 55.6 Å². The molecule has 0 saturated heterocycles. The molecule has 152 valence electrons. The lowest BCUT2D eigenvalue weighted by Crippen LogP contribution is -2.26. The van der Waals surface area contributed by atoms with Crippen LogP contribution in [-0.4, -0.2) is 15.3 Å². The molecule has 0 aliphatic rings. The molecule has 2 aromatic heterocycles. The summed E-state index contributed by atoms with van der Waals surface area (Å²) in [6.45, 7) is 4.13. The van der Waals surface area contributed by atoms with Crippen LogP contribution >= 0.6 is 0 Å². The smallest absolute Gasteiger partial charge is 0.251 e. The van der Waals surface area contributed by atoms with Gasteiger partial charge in [-0.15, -0.1) is 0 Å². The van der Waals surface area contributed by atoms with E-state index in [9.17, 15) is 9.18 Å². The molecule has 2 heterocycles. The number of benzene rings is 2. The molecule has 2 aromatic carbocycles. The number of pyridine rings is 1. The molecule has 1 unspecified atom stereocenters. The summed E-state index contributed by atoms with van der Waals surface area (Å²) in [5, 5.41) is 2.89. The quantitative estimate of drug-likeness (QED) is 0.501. The maximum Gasteiger partial charge on any atom is 0.251 e. The van der Waals surface area contributed by atoms with E-state index in [-0.39, 0.29) is 17.8 Å². The summed E-state index contributed by atoms with van der Waals surface area (Å²) in [4.78, 5) is 17.2. The minimum Gasteiger partial charge on any atom is -0.487 e. The van der Waals surface area contributed by atoms with Crippen LogP contribution in [0.4, 0.5) is 4.39 Å². The Morgan fingerprint density at radius 1 is 1.17 bits per heavy atom. The van der Waals surface area contributed by atoms with Gasteiger partial charge < -0.3 is 14.5 Å². The van der Waals surface area contributed by atoms with E-state index in [0.717, 1.165) is 16.9 Å². The Morgan fingerprint density at radius 2 is 2.00 bits per heavy atom. The minimum absolute atomic E-state index is 0.249. The average Bonchev–Trinajstić information content (AvgIpc) is 3.17. The molecule has 1 amide bonds. The molecule has 0 fully saturated rings. The lowest BCUT2D eigenvalue weighted by molar-refractivity contribution is 0.0939. The Bertz CT molecular complexity index is 1200. The van der Waals surface area contributed by atoms with Crippen LogP contribution in [0.1, 0.15) is 40.1 Å². The van der Waals surface area contributed by atoms with Crippen molar-refractivity contribution in [1.82, 2.24) is 14.7 Å². The number of carbonyl (C=O) groups excluding carboxylic acids is 1. The molecular weight excluding hydrogens is 381 g/mol. The van der Waals surface area contributed by atoms with E-state index in [1.807, 2.05) is 42.8 Å². The van der Waals surface area contributed by atoms with Crippen LogP contribution in [0.2, 0.25) is 0 Å². The van der Waals surface area contributed by atoms with Gasteiger partial charge in [0, 0.05) is 18.0 Å². The predicted molar refractivity (Wildman–Crippen MR) is 113 cm³/mol. The fourth-order valence-corrected chi connectivity index (χ4v) is 3.30. The molecule has 0 spiro atoms. The number of nitrogens with zero attached hydrogens (tertiary/aromatic N) is 2. The zero-order chi connectivity index (χ0) is 21.1. The summed E-state index contributed by atoms with van der Waals surface area (Å²) in [5.74, 6) is 0.00142. The molecule has 5 nitrogen and oxygen atoms in total. The van der Waals surface area contributed by atoms with Gasteiger partial charge in [0.2, 0.25) is 0 Å². The van der Waals surface area contributed by atoms with Crippen molar-refractivity contribution in [3.05, 3.63) is 101 Å². The molecule has 0 aliphatic heterocycles. The van der Waals surface area contributed by atoms with Crippen molar-refractivity contribution in [2.75, 3.05) is 0 Å². The molecule has 0 saturated carbocycles. The number of rotatable bonds is 6. The van der Waals surface area contributed by atoms with E-state index < -0.39 is 0 Å². The minimum atomic E-state index is -0.328. The van der Waals surface area contributed by atoms with E-state index in [2.05, 4.69) is 10.3 Å². The second kappa shape index (κ2) is 8.37. The Labute approximate surface area is 174 Å². The highest BCUT2D eigenvalue weighted by molar-refractivity contribution is 5.94. The second-order valence-corrected chi connectivity index (χ2v) is 7.22. The summed E-state index contributed by atoms with van der Waals surface area (Å²) in [6.07, 6.45) is 3.88. The van der Waals surface area contributed by atoms with Gasteiger partial charge in [-0.05, 0) is 61.4 Å². The number of halogens is 1. The van der Waals surface area contributed by atoms with Crippen molar-refractivity contribution < 1.29 is 13.9 Å². The largest absolute Gasteiger partial charge is 0.487 e. The number of nitrogens with one attached hydrogen (secondary N) is 1. The maximum absolute atomic E-state index is 13.4. The summed E-state index contributed by atoms with van der Waals surface area (Å²) < 4.78 is 21.2. The van der Waals surface area contributed by atoms with Crippen LogP contribution < -0.4 is 10.1 Å². The fraction of sp³-hybridized carbons (Fsp3) is 0.167. The zero-order valence-corrected chi connectivity index (χ0v) is 16.8. The third-order valence-electron chi connectivity index (χ3n) is 4.91. The number of ether oxygens (including phenoxy) is 1. The number of hydrogen-bond donors (Lipinski definition) is 1. The third kappa shape index (κ3) is 4.33. The molecule has 1 atom stereocenters. The molecule has 4 rings (SSSR count). The van der Waals surface area contributed by atoms with Gasteiger partial charge in [0.15, 0.2) is 0 Å². The number of aryl methyl sites for hydroxylation is 1. The zero-order valence-electron chi connectivity index (χ0n) is 16.8. The Balaban J connectivity index is 1.42. The van der Waals surface area contributed by atoms with Crippen molar-refractivity contribution in [2.45, 2.75) is 26.5 Å². The molecule has 0 radical (unpaired) electrons. The summed E-state index contributed by atoms with van der Waals surface area (Å²) in [7, 11) is 0. The van der Waals surface area contributed by atoms with Gasteiger partial charge in [0.05, 0.1) is 11.7 Å². The number of hydrogen-bond acceptors (Lipinski definition) is 3. The molecule has 30 heavy (non-hydrogen) atoms. The van der Waals surface area contributed by atoms with E-state index in [4.69, 9.17) is 4.74 Å². The van der Waals surface area contributed by atoms with Gasteiger partial charge in [-0.2, -0.15) is 0 Å². The summed E-state index contributed by atoms with van der Waals surface area (Å²) in [5.41, 5.74) is 3.98. The van der Waals surface area contributed by atoms with Crippen molar-refractivity contribution in [2.24, 2.45) is 0 Å². The molecule has 6 heteroatoms. The van der Waals surface area contributed by atoms with Crippen molar-refractivity contribution in [1.29, 1.82) is 0 Å². The van der Waals surface area contributed by atoms with Gasteiger partial charge in [0.25, 0.3) is 5.91 Å². The Hall–Kier alpha value is -3.67. The number of amides is 1. The van der Waals surface area contributed by atoms with E-state index in [1.54, 1.807) is 36.4 Å². The lowest BCUT2D eigenvalue weighted by atomic mass is 10.1. The predicted octanol–water partition coefficient (Wildman–Crippen LogP) is 4.85. The van der Waals surface area contributed by atoms with Gasteiger partial charge in [0.1, 0.15) is 23.8 Å². The molecule has 0 aliphatic carbocycles. The van der Waals surface area contributed by atoms with Gasteiger partial charge in [-0.1, -0.05) is 24.3 Å².